The Labute approximate surface area is 285 Å². The summed E-state index contributed by atoms with van der Waals surface area (Å²) >= 11 is 1.55. The molecule has 0 fully saturated rings. The molecule has 8 nitrogen and oxygen atoms in total. The zero-order valence-corrected chi connectivity index (χ0v) is 28.6. The van der Waals surface area contributed by atoms with E-state index in [0.717, 1.165) is 48.8 Å². The summed E-state index contributed by atoms with van der Waals surface area (Å²) in [5, 5.41) is 1.60. The van der Waals surface area contributed by atoms with E-state index < -0.39 is 31.7 Å². The second-order valence-electron chi connectivity index (χ2n) is 11.5. The van der Waals surface area contributed by atoms with Crippen molar-refractivity contribution in [3.8, 4) is 22.3 Å². The lowest BCUT2D eigenvalue weighted by Crippen LogP contribution is -2.21. The van der Waals surface area contributed by atoms with Crippen LogP contribution in [0.1, 0.15) is 31.1 Å². The number of hydrogen-bond acceptors (Lipinski definition) is 9. The number of furan rings is 1. The highest BCUT2D eigenvalue weighted by Gasteiger charge is 2.26. The Bertz CT molecular complexity index is 2230. The van der Waals surface area contributed by atoms with Gasteiger partial charge in [-0.15, -0.1) is 0 Å². The number of nitrogens with zero attached hydrogens (tertiary/aromatic N) is 1. The Balaban J connectivity index is 1.40. The van der Waals surface area contributed by atoms with Crippen molar-refractivity contribution in [2.75, 3.05) is 23.0 Å². The van der Waals surface area contributed by atoms with Crippen LogP contribution in [0.2, 0.25) is 0 Å². The number of rotatable bonds is 12. The first-order chi connectivity index (χ1) is 23.0. The van der Waals surface area contributed by atoms with Crippen LogP contribution in [0.15, 0.2) is 123 Å². The molecule has 11 heteroatoms. The second-order valence-corrected chi connectivity index (χ2v) is 15.6. The van der Waals surface area contributed by atoms with Gasteiger partial charge in [-0.1, -0.05) is 91.5 Å². The Morgan fingerprint density at radius 1 is 0.792 bits per heavy atom. The normalized spacial score (nSPS) is 14.6. The lowest BCUT2D eigenvalue weighted by Gasteiger charge is -2.22. The molecule has 1 aliphatic rings. The molecule has 0 bridgehead atoms. The number of benzene rings is 4. The Morgan fingerprint density at radius 2 is 1.42 bits per heavy atom. The Hall–Kier alpha value is -4.13. The third-order valence-electron chi connectivity index (χ3n) is 8.18. The maximum atomic E-state index is 11.7. The van der Waals surface area contributed by atoms with E-state index in [1.54, 1.807) is 11.8 Å². The maximum absolute atomic E-state index is 11.7. The minimum Gasteiger partial charge on any atom is -0.748 e. The highest BCUT2D eigenvalue weighted by molar-refractivity contribution is 8.03. The topological polar surface area (TPSA) is 131 Å². The predicted molar refractivity (Wildman–Crippen MR) is 191 cm³/mol. The van der Waals surface area contributed by atoms with Crippen molar-refractivity contribution in [1.82, 2.24) is 0 Å². The number of thioether (sulfide) groups is 1. The fraction of sp³-hybridized carbons (Fsp3) is 0.189. The first-order valence-electron chi connectivity index (χ1n) is 15.5. The molecule has 48 heavy (non-hydrogen) atoms. The van der Waals surface area contributed by atoms with Crippen LogP contribution >= 0.6 is 11.8 Å². The number of allylic oxidation sites excluding steroid dienone is 2. The molecule has 0 amide bonds. The first kappa shape index (κ1) is 33.8. The van der Waals surface area contributed by atoms with E-state index in [1.807, 2.05) is 109 Å². The molecule has 2 heterocycles. The van der Waals surface area contributed by atoms with E-state index in [4.69, 9.17) is 4.42 Å². The molecule has 0 aliphatic carbocycles. The molecule has 1 aliphatic heterocycles. The summed E-state index contributed by atoms with van der Waals surface area (Å²) in [4.78, 5) is 3.04. The lowest BCUT2D eigenvalue weighted by molar-refractivity contribution is 0.459. The van der Waals surface area contributed by atoms with Gasteiger partial charge in [0, 0.05) is 33.9 Å². The summed E-state index contributed by atoms with van der Waals surface area (Å²) in [6, 6.07) is 31.7. The third kappa shape index (κ3) is 8.11. The molecule has 0 radical (unpaired) electrons. The summed E-state index contributed by atoms with van der Waals surface area (Å²) in [6.07, 6.45) is 4.64. The van der Waals surface area contributed by atoms with E-state index in [0.29, 0.717) is 29.9 Å². The fourth-order valence-corrected chi connectivity index (χ4v) is 7.88. The molecular weight excluding hydrogens is 667 g/mol. The maximum Gasteiger partial charge on any atom is 0.135 e. The van der Waals surface area contributed by atoms with Crippen molar-refractivity contribution in [2.45, 2.75) is 31.1 Å². The minimum atomic E-state index is -4.48. The fourth-order valence-electron chi connectivity index (χ4n) is 5.80. The SMILES string of the molecule is CCC(=Cc1oc2ccc(-c3ccccc3)cc2c1CCS(=O)(=O)[O-])C=C1Sc2ccc(-c3ccccc3)cc2N1CCCS(=O)(=O)[O-]. The third-order valence-corrected chi connectivity index (χ3v) is 10.8. The van der Waals surface area contributed by atoms with Crippen LogP contribution in [0.25, 0.3) is 39.3 Å². The Morgan fingerprint density at radius 3 is 2.04 bits per heavy atom. The van der Waals surface area contributed by atoms with Gasteiger partial charge in [-0.25, -0.2) is 16.8 Å². The molecule has 0 N–H and O–H groups in total. The van der Waals surface area contributed by atoms with Gasteiger partial charge in [-0.05, 0) is 83.5 Å². The van der Waals surface area contributed by atoms with Crippen LogP contribution in [0.5, 0.6) is 0 Å². The van der Waals surface area contributed by atoms with Gasteiger partial charge in [-0.3, -0.25) is 0 Å². The average molecular weight is 700 g/mol. The van der Waals surface area contributed by atoms with Gasteiger partial charge in [0.25, 0.3) is 0 Å². The molecule has 0 atom stereocenters. The van der Waals surface area contributed by atoms with Crippen LogP contribution in [0.3, 0.4) is 0 Å². The molecule has 0 spiro atoms. The van der Waals surface area contributed by atoms with E-state index in [9.17, 15) is 25.9 Å². The lowest BCUT2D eigenvalue weighted by atomic mass is 10.0. The molecule has 5 aromatic rings. The van der Waals surface area contributed by atoms with E-state index in [-0.39, 0.29) is 12.8 Å². The largest absolute Gasteiger partial charge is 0.748 e. The van der Waals surface area contributed by atoms with Gasteiger partial charge in [0.1, 0.15) is 11.3 Å². The van der Waals surface area contributed by atoms with Gasteiger partial charge in [-0.2, -0.15) is 0 Å². The zero-order valence-electron chi connectivity index (χ0n) is 26.2. The van der Waals surface area contributed by atoms with Gasteiger partial charge >= 0.3 is 0 Å². The highest BCUT2D eigenvalue weighted by atomic mass is 32.2. The second kappa shape index (κ2) is 14.2. The van der Waals surface area contributed by atoms with Crippen molar-refractivity contribution < 1.29 is 30.4 Å². The number of hydrogen-bond donors (Lipinski definition) is 0. The highest BCUT2D eigenvalue weighted by Crippen LogP contribution is 2.48. The van der Waals surface area contributed by atoms with Gasteiger partial charge in [0.15, 0.2) is 0 Å². The van der Waals surface area contributed by atoms with Crippen LogP contribution < -0.4 is 4.90 Å². The van der Waals surface area contributed by atoms with E-state index in [2.05, 4.69) is 12.1 Å². The van der Waals surface area contributed by atoms with Crippen molar-refractivity contribution in [2.24, 2.45) is 0 Å². The molecule has 6 rings (SSSR count). The summed E-state index contributed by atoms with van der Waals surface area (Å²) < 4.78 is 75.7. The summed E-state index contributed by atoms with van der Waals surface area (Å²) in [5.74, 6) is -0.559. The number of fused-ring (bicyclic) bond motifs is 2. The standard InChI is InChI=1S/C37H35NO7S3/c1-2-26(22-35-31(18-21-48(42,43)44)32-24-29(14-16-34(32)45-35)27-10-5-3-6-11-27)23-37-38(19-9-20-47(39,40)41)33-25-30(15-17-36(33)46-37)28-12-7-4-8-13-28/h3-8,10-17,22-25H,2,9,18-21H2,1H3,(H,39,40,41)(H,42,43,44)/p-2. The smallest absolute Gasteiger partial charge is 0.135 e. The van der Waals surface area contributed by atoms with Gasteiger partial charge < -0.3 is 18.4 Å². The molecular formula is C37H33NO7S3-2. The summed E-state index contributed by atoms with van der Waals surface area (Å²) in [5.41, 5.74) is 7.02. The summed E-state index contributed by atoms with van der Waals surface area (Å²) in [6.45, 7) is 2.32. The summed E-state index contributed by atoms with van der Waals surface area (Å²) in [7, 11) is -8.86. The van der Waals surface area contributed by atoms with E-state index >= 15 is 0 Å². The quantitative estimate of drug-likeness (QED) is 0.119. The number of anilines is 1. The van der Waals surface area contributed by atoms with Crippen LogP contribution in [0, 0.1) is 0 Å². The molecule has 1 aromatic heterocycles. The molecule has 4 aromatic carbocycles. The van der Waals surface area contributed by atoms with Crippen LogP contribution in [-0.4, -0.2) is 44.0 Å². The van der Waals surface area contributed by atoms with Crippen molar-refractivity contribution in [1.29, 1.82) is 0 Å². The Kier molecular flexibility index (Phi) is 9.95. The number of aryl methyl sites for hydroxylation is 1. The van der Waals surface area contributed by atoms with Crippen molar-refractivity contribution in [3.05, 3.63) is 125 Å². The van der Waals surface area contributed by atoms with E-state index in [1.165, 1.54) is 0 Å². The zero-order chi connectivity index (χ0) is 33.9. The molecule has 0 saturated carbocycles. The van der Waals surface area contributed by atoms with Crippen molar-refractivity contribution >= 4 is 54.7 Å². The minimum absolute atomic E-state index is 0.00523. The monoisotopic (exact) mass is 699 g/mol. The molecule has 248 valence electrons. The van der Waals surface area contributed by atoms with Gasteiger partial charge in [0.2, 0.25) is 0 Å². The van der Waals surface area contributed by atoms with Crippen LogP contribution in [-0.2, 0) is 26.7 Å². The van der Waals surface area contributed by atoms with Crippen LogP contribution in [0.4, 0.5) is 5.69 Å². The predicted octanol–water partition coefficient (Wildman–Crippen LogP) is 8.04. The van der Waals surface area contributed by atoms with Gasteiger partial charge in [0.05, 0.1) is 31.0 Å². The molecule has 0 saturated heterocycles. The van der Waals surface area contributed by atoms with Crippen molar-refractivity contribution in [3.63, 3.8) is 0 Å². The molecule has 0 unspecified atom stereocenters. The first-order valence-corrected chi connectivity index (χ1v) is 19.5. The average Bonchev–Trinajstić information content (AvgIpc) is 3.59.